The van der Waals surface area contributed by atoms with Gasteiger partial charge in [-0.3, -0.25) is 24.2 Å². The largest absolute Gasteiger partial charge is 0.353 e. The van der Waals surface area contributed by atoms with E-state index in [9.17, 15) is 14.4 Å². The monoisotopic (exact) mass is 293 g/mol. The number of imide groups is 1. The standard InChI is InChI=1S/C15H23N3O3/c1-10(2)16-13(19)8-17(3)9-18-14(20)11-6-4-5-7-12(11)15(18)21/h4-5,10-12H,6-9H2,1-3H3,(H,16,19)/t11-,12+. The molecule has 0 aromatic heterocycles. The highest BCUT2D eigenvalue weighted by molar-refractivity contribution is 6.05. The molecule has 6 heteroatoms. The molecule has 0 aromatic rings. The summed E-state index contributed by atoms with van der Waals surface area (Å²) >= 11 is 0. The third-order valence-electron chi connectivity index (χ3n) is 3.84. The van der Waals surface area contributed by atoms with E-state index < -0.39 is 0 Å². The molecule has 116 valence electrons. The molecule has 6 nitrogen and oxygen atoms in total. The van der Waals surface area contributed by atoms with Crippen molar-refractivity contribution in [3.05, 3.63) is 12.2 Å². The molecule has 1 N–H and O–H groups in total. The highest BCUT2D eigenvalue weighted by Crippen LogP contribution is 2.34. The quantitative estimate of drug-likeness (QED) is 0.586. The first-order chi connectivity index (χ1) is 9.90. The number of nitrogens with one attached hydrogen (secondary N) is 1. The van der Waals surface area contributed by atoms with E-state index in [4.69, 9.17) is 0 Å². The Bertz CT molecular complexity index is 447. The molecule has 0 radical (unpaired) electrons. The first-order valence-corrected chi connectivity index (χ1v) is 7.38. The molecule has 1 fully saturated rings. The van der Waals surface area contributed by atoms with E-state index in [1.807, 2.05) is 26.0 Å². The Hall–Kier alpha value is -1.69. The van der Waals surface area contributed by atoms with Gasteiger partial charge in [0.05, 0.1) is 25.0 Å². The Morgan fingerprint density at radius 2 is 1.81 bits per heavy atom. The lowest BCUT2D eigenvalue weighted by Gasteiger charge is -2.23. The Labute approximate surface area is 125 Å². The van der Waals surface area contributed by atoms with Crippen LogP contribution >= 0.6 is 0 Å². The number of likely N-dealkylation sites (tertiary alicyclic amines) is 1. The molecule has 1 aliphatic heterocycles. The second kappa shape index (κ2) is 6.39. The van der Waals surface area contributed by atoms with Crippen LogP contribution < -0.4 is 5.32 Å². The average Bonchev–Trinajstić information content (AvgIpc) is 2.63. The van der Waals surface area contributed by atoms with Crippen molar-refractivity contribution in [2.45, 2.75) is 32.7 Å². The maximum atomic E-state index is 12.3. The van der Waals surface area contributed by atoms with Crippen LogP contribution in [0, 0.1) is 11.8 Å². The molecule has 0 unspecified atom stereocenters. The fourth-order valence-corrected chi connectivity index (χ4v) is 2.91. The van der Waals surface area contributed by atoms with Gasteiger partial charge in [0.2, 0.25) is 17.7 Å². The van der Waals surface area contributed by atoms with Crippen LogP contribution in [0.25, 0.3) is 0 Å². The molecule has 0 bridgehead atoms. The van der Waals surface area contributed by atoms with Crippen LogP contribution in [-0.4, -0.2) is 53.8 Å². The third-order valence-corrected chi connectivity index (χ3v) is 3.84. The maximum absolute atomic E-state index is 12.3. The topological polar surface area (TPSA) is 69.7 Å². The van der Waals surface area contributed by atoms with Crippen molar-refractivity contribution in [3.8, 4) is 0 Å². The van der Waals surface area contributed by atoms with E-state index in [-0.39, 0.29) is 48.8 Å². The summed E-state index contributed by atoms with van der Waals surface area (Å²) in [4.78, 5) is 39.3. The minimum Gasteiger partial charge on any atom is -0.353 e. The van der Waals surface area contributed by atoms with Gasteiger partial charge < -0.3 is 5.32 Å². The minimum absolute atomic E-state index is 0.0786. The molecule has 3 amide bonds. The van der Waals surface area contributed by atoms with Crippen molar-refractivity contribution in [1.29, 1.82) is 0 Å². The summed E-state index contributed by atoms with van der Waals surface area (Å²) in [7, 11) is 1.74. The van der Waals surface area contributed by atoms with Crippen molar-refractivity contribution in [1.82, 2.24) is 15.1 Å². The zero-order valence-corrected chi connectivity index (χ0v) is 12.8. The molecule has 0 spiro atoms. The smallest absolute Gasteiger partial charge is 0.234 e. The summed E-state index contributed by atoms with van der Waals surface area (Å²) in [6.07, 6.45) is 5.22. The van der Waals surface area contributed by atoms with Gasteiger partial charge in [0.25, 0.3) is 0 Å². The molecule has 0 aromatic carbocycles. The van der Waals surface area contributed by atoms with E-state index in [0.717, 1.165) is 0 Å². The Morgan fingerprint density at radius 1 is 1.29 bits per heavy atom. The van der Waals surface area contributed by atoms with Crippen LogP contribution in [0.4, 0.5) is 0 Å². The fraction of sp³-hybridized carbons (Fsp3) is 0.667. The van der Waals surface area contributed by atoms with Crippen LogP contribution in [0.3, 0.4) is 0 Å². The number of likely N-dealkylation sites (N-methyl/N-ethyl adjacent to an activating group) is 1. The zero-order valence-electron chi connectivity index (χ0n) is 12.8. The number of rotatable bonds is 5. The number of fused-ring (bicyclic) bond motifs is 1. The number of carbonyl (C=O) groups is 3. The molecule has 2 rings (SSSR count). The first kappa shape index (κ1) is 15.7. The number of hydrogen-bond donors (Lipinski definition) is 1. The third kappa shape index (κ3) is 3.50. The Morgan fingerprint density at radius 3 is 2.29 bits per heavy atom. The highest BCUT2D eigenvalue weighted by Gasteiger charge is 2.47. The van der Waals surface area contributed by atoms with E-state index in [0.29, 0.717) is 12.8 Å². The van der Waals surface area contributed by atoms with Crippen molar-refractivity contribution in [2.75, 3.05) is 20.3 Å². The molecule has 2 atom stereocenters. The molecule has 1 heterocycles. The lowest BCUT2D eigenvalue weighted by atomic mass is 9.85. The lowest BCUT2D eigenvalue weighted by molar-refractivity contribution is -0.143. The molecule has 2 aliphatic rings. The van der Waals surface area contributed by atoms with Crippen molar-refractivity contribution in [3.63, 3.8) is 0 Å². The van der Waals surface area contributed by atoms with Crippen molar-refractivity contribution < 1.29 is 14.4 Å². The van der Waals surface area contributed by atoms with Gasteiger partial charge >= 0.3 is 0 Å². The van der Waals surface area contributed by atoms with Gasteiger partial charge in [-0.15, -0.1) is 0 Å². The molecular formula is C15H23N3O3. The fourth-order valence-electron chi connectivity index (χ4n) is 2.91. The summed E-state index contributed by atoms with van der Waals surface area (Å²) in [5.74, 6) is -0.734. The molecular weight excluding hydrogens is 270 g/mol. The number of nitrogens with zero attached hydrogens (tertiary/aromatic N) is 2. The maximum Gasteiger partial charge on any atom is 0.234 e. The number of carbonyl (C=O) groups excluding carboxylic acids is 3. The second-order valence-electron chi connectivity index (χ2n) is 6.14. The summed E-state index contributed by atoms with van der Waals surface area (Å²) in [5.41, 5.74) is 0. The van der Waals surface area contributed by atoms with Crippen LogP contribution in [0.2, 0.25) is 0 Å². The van der Waals surface area contributed by atoms with E-state index in [1.165, 1.54) is 4.90 Å². The minimum atomic E-state index is -0.208. The van der Waals surface area contributed by atoms with Crippen molar-refractivity contribution >= 4 is 17.7 Å². The normalized spacial score (nSPS) is 24.9. The van der Waals surface area contributed by atoms with Crippen LogP contribution in [0.15, 0.2) is 12.2 Å². The first-order valence-electron chi connectivity index (χ1n) is 7.38. The van der Waals surface area contributed by atoms with E-state index >= 15 is 0 Å². The van der Waals surface area contributed by atoms with Gasteiger partial charge in [0.1, 0.15) is 0 Å². The average molecular weight is 293 g/mol. The van der Waals surface area contributed by atoms with Crippen LogP contribution in [0.5, 0.6) is 0 Å². The Balaban J connectivity index is 1.92. The molecule has 1 aliphatic carbocycles. The van der Waals surface area contributed by atoms with Gasteiger partial charge in [-0.2, -0.15) is 0 Å². The van der Waals surface area contributed by atoms with Gasteiger partial charge in [-0.1, -0.05) is 12.2 Å². The summed E-state index contributed by atoms with van der Waals surface area (Å²) in [6.45, 7) is 4.13. The molecule has 0 saturated carbocycles. The summed E-state index contributed by atoms with van der Waals surface area (Å²) in [5, 5.41) is 2.79. The van der Waals surface area contributed by atoms with E-state index in [1.54, 1.807) is 11.9 Å². The molecule has 21 heavy (non-hydrogen) atoms. The number of allylic oxidation sites excluding steroid dienone is 2. The molecule has 1 saturated heterocycles. The second-order valence-corrected chi connectivity index (χ2v) is 6.14. The highest BCUT2D eigenvalue weighted by atomic mass is 16.2. The van der Waals surface area contributed by atoms with Crippen LogP contribution in [0.1, 0.15) is 26.7 Å². The SMILES string of the molecule is CC(C)NC(=O)CN(C)CN1C(=O)[C@H]2CC=CC[C@H]2C1=O. The summed E-state index contributed by atoms with van der Waals surface area (Å²) < 4.78 is 0. The lowest BCUT2D eigenvalue weighted by Crippen LogP contribution is -2.45. The predicted octanol–water partition coefficient (Wildman–Crippen LogP) is 0.352. The van der Waals surface area contributed by atoms with Crippen LogP contribution in [-0.2, 0) is 14.4 Å². The van der Waals surface area contributed by atoms with Gasteiger partial charge in [-0.25, -0.2) is 0 Å². The Kier molecular flexibility index (Phi) is 4.77. The predicted molar refractivity (Wildman–Crippen MR) is 78.0 cm³/mol. The summed E-state index contributed by atoms with van der Waals surface area (Å²) in [6, 6.07) is 0.0786. The van der Waals surface area contributed by atoms with Gasteiger partial charge in [0, 0.05) is 6.04 Å². The van der Waals surface area contributed by atoms with E-state index in [2.05, 4.69) is 5.32 Å². The number of amides is 3. The van der Waals surface area contributed by atoms with Gasteiger partial charge in [-0.05, 0) is 33.7 Å². The zero-order chi connectivity index (χ0) is 15.6. The van der Waals surface area contributed by atoms with Gasteiger partial charge in [0.15, 0.2) is 0 Å². The number of hydrogen-bond acceptors (Lipinski definition) is 4. The van der Waals surface area contributed by atoms with Crippen molar-refractivity contribution in [2.24, 2.45) is 11.8 Å².